The van der Waals surface area contributed by atoms with Crippen LogP contribution in [-0.2, 0) is 4.79 Å². The molecule has 0 spiro atoms. The first-order chi connectivity index (χ1) is 8.16. The second kappa shape index (κ2) is 5.21. The van der Waals surface area contributed by atoms with Gasteiger partial charge in [-0.2, -0.15) is 0 Å². The molecular formula is C12H18N2O3. The SMILES string of the molecule is O=C(O)[C@H]1CCCN(C(=O)NC2CC=CC2)C1. The number of hydrogen-bond donors (Lipinski definition) is 2. The summed E-state index contributed by atoms with van der Waals surface area (Å²) in [6.07, 6.45) is 7.31. The van der Waals surface area contributed by atoms with E-state index in [1.165, 1.54) is 0 Å². The van der Waals surface area contributed by atoms with Crippen molar-refractivity contribution in [3.8, 4) is 0 Å². The van der Waals surface area contributed by atoms with E-state index < -0.39 is 11.9 Å². The van der Waals surface area contributed by atoms with E-state index in [1.807, 2.05) is 0 Å². The van der Waals surface area contributed by atoms with E-state index >= 15 is 0 Å². The highest BCUT2D eigenvalue weighted by Gasteiger charge is 2.28. The molecule has 1 heterocycles. The van der Waals surface area contributed by atoms with Crippen LogP contribution < -0.4 is 5.32 Å². The summed E-state index contributed by atoms with van der Waals surface area (Å²) in [7, 11) is 0. The maximum Gasteiger partial charge on any atom is 0.317 e. The van der Waals surface area contributed by atoms with Gasteiger partial charge in [-0.25, -0.2) is 4.79 Å². The van der Waals surface area contributed by atoms with Crippen LogP contribution in [0.25, 0.3) is 0 Å². The fourth-order valence-electron chi connectivity index (χ4n) is 2.36. The fourth-order valence-corrected chi connectivity index (χ4v) is 2.36. The number of amides is 2. The number of carboxylic acids is 1. The zero-order valence-corrected chi connectivity index (χ0v) is 9.76. The summed E-state index contributed by atoms with van der Waals surface area (Å²) in [6.45, 7) is 0.997. The summed E-state index contributed by atoms with van der Waals surface area (Å²) in [5.74, 6) is -1.21. The van der Waals surface area contributed by atoms with Crippen LogP contribution in [0.3, 0.4) is 0 Å². The molecule has 2 N–H and O–H groups in total. The lowest BCUT2D eigenvalue weighted by Crippen LogP contribution is -2.49. The van der Waals surface area contributed by atoms with Gasteiger partial charge in [-0.05, 0) is 25.7 Å². The number of carbonyl (C=O) groups is 2. The molecule has 1 saturated heterocycles. The summed E-state index contributed by atoms with van der Waals surface area (Å²) in [5, 5.41) is 11.9. The zero-order chi connectivity index (χ0) is 12.3. The van der Waals surface area contributed by atoms with Crippen LogP contribution in [0.2, 0.25) is 0 Å². The molecule has 1 aliphatic carbocycles. The number of urea groups is 1. The van der Waals surface area contributed by atoms with Gasteiger partial charge in [0.1, 0.15) is 0 Å². The van der Waals surface area contributed by atoms with Gasteiger partial charge in [-0.3, -0.25) is 4.79 Å². The predicted molar refractivity (Wildman–Crippen MR) is 62.6 cm³/mol. The number of carboxylic acid groups (broad SMARTS) is 1. The number of aliphatic carboxylic acids is 1. The molecule has 2 rings (SSSR count). The minimum absolute atomic E-state index is 0.121. The van der Waals surface area contributed by atoms with E-state index in [1.54, 1.807) is 4.90 Å². The molecule has 1 atom stereocenters. The predicted octanol–water partition coefficient (Wildman–Crippen LogP) is 1.21. The van der Waals surface area contributed by atoms with Crippen molar-refractivity contribution in [2.24, 2.45) is 5.92 Å². The zero-order valence-electron chi connectivity index (χ0n) is 9.76. The van der Waals surface area contributed by atoms with Crippen molar-refractivity contribution in [3.05, 3.63) is 12.2 Å². The van der Waals surface area contributed by atoms with Crippen molar-refractivity contribution in [1.29, 1.82) is 0 Å². The number of carbonyl (C=O) groups excluding carboxylic acids is 1. The Balaban J connectivity index is 1.84. The Morgan fingerprint density at radius 3 is 2.65 bits per heavy atom. The van der Waals surface area contributed by atoms with E-state index in [0.717, 1.165) is 19.3 Å². The van der Waals surface area contributed by atoms with Crippen molar-refractivity contribution in [1.82, 2.24) is 10.2 Å². The Kier molecular flexibility index (Phi) is 3.66. The molecule has 94 valence electrons. The number of hydrogen-bond acceptors (Lipinski definition) is 2. The lowest BCUT2D eigenvalue weighted by Gasteiger charge is -2.31. The van der Waals surface area contributed by atoms with Gasteiger partial charge in [-0.1, -0.05) is 12.2 Å². The monoisotopic (exact) mass is 238 g/mol. The lowest BCUT2D eigenvalue weighted by atomic mass is 9.99. The van der Waals surface area contributed by atoms with Gasteiger partial charge in [0.25, 0.3) is 0 Å². The topological polar surface area (TPSA) is 69.6 Å². The Morgan fingerprint density at radius 2 is 2.00 bits per heavy atom. The molecule has 0 aromatic heterocycles. The van der Waals surface area contributed by atoms with Crippen molar-refractivity contribution in [2.45, 2.75) is 31.7 Å². The van der Waals surface area contributed by atoms with E-state index in [-0.39, 0.29) is 12.1 Å². The average molecular weight is 238 g/mol. The lowest BCUT2D eigenvalue weighted by molar-refractivity contribution is -0.143. The molecule has 17 heavy (non-hydrogen) atoms. The number of nitrogens with one attached hydrogen (secondary N) is 1. The molecule has 5 heteroatoms. The van der Waals surface area contributed by atoms with Gasteiger partial charge < -0.3 is 15.3 Å². The molecule has 0 radical (unpaired) electrons. The molecule has 0 saturated carbocycles. The number of rotatable bonds is 2. The van der Waals surface area contributed by atoms with Crippen molar-refractivity contribution in [3.63, 3.8) is 0 Å². The van der Waals surface area contributed by atoms with Gasteiger partial charge >= 0.3 is 12.0 Å². The number of piperidine rings is 1. The van der Waals surface area contributed by atoms with Crippen molar-refractivity contribution in [2.75, 3.05) is 13.1 Å². The average Bonchev–Trinajstić information content (AvgIpc) is 2.82. The van der Waals surface area contributed by atoms with Crippen molar-refractivity contribution < 1.29 is 14.7 Å². The second-order valence-electron chi connectivity index (χ2n) is 4.71. The minimum Gasteiger partial charge on any atom is -0.481 e. The van der Waals surface area contributed by atoms with Crippen LogP contribution in [0.1, 0.15) is 25.7 Å². The second-order valence-corrected chi connectivity index (χ2v) is 4.71. The summed E-state index contributed by atoms with van der Waals surface area (Å²) < 4.78 is 0. The van der Waals surface area contributed by atoms with Gasteiger partial charge in [-0.15, -0.1) is 0 Å². The highest BCUT2D eigenvalue weighted by Crippen LogP contribution is 2.17. The molecule has 1 fully saturated rings. The number of nitrogens with zero attached hydrogens (tertiary/aromatic N) is 1. The maximum absolute atomic E-state index is 11.9. The summed E-state index contributed by atoms with van der Waals surface area (Å²) >= 11 is 0. The summed E-state index contributed by atoms with van der Waals surface area (Å²) in [4.78, 5) is 24.4. The summed E-state index contributed by atoms with van der Waals surface area (Å²) in [5.41, 5.74) is 0. The molecule has 0 unspecified atom stereocenters. The molecule has 1 aliphatic heterocycles. The Morgan fingerprint density at radius 1 is 1.29 bits per heavy atom. The standard InChI is InChI=1S/C12H18N2O3/c15-11(16)9-4-3-7-14(8-9)12(17)13-10-5-1-2-6-10/h1-2,9-10H,3-8H2,(H,13,17)(H,15,16)/t9-/m0/s1. The van der Waals surface area contributed by atoms with Crippen LogP contribution in [0, 0.1) is 5.92 Å². The summed E-state index contributed by atoms with van der Waals surface area (Å²) in [6, 6.07) is 0.0670. The first-order valence-corrected chi connectivity index (χ1v) is 6.10. The molecular weight excluding hydrogens is 220 g/mol. The first-order valence-electron chi connectivity index (χ1n) is 6.10. The van der Waals surface area contributed by atoms with E-state index in [2.05, 4.69) is 17.5 Å². The molecule has 5 nitrogen and oxygen atoms in total. The van der Waals surface area contributed by atoms with Gasteiger partial charge in [0.15, 0.2) is 0 Å². The highest BCUT2D eigenvalue weighted by molar-refractivity contribution is 5.76. The van der Waals surface area contributed by atoms with E-state index in [4.69, 9.17) is 5.11 Å². The van der Waals surface area contributed by atoms with Crippen LogP contribution in [0.4, 0.5) is 4.79 Å². The highest BCUT2D eigenvalue weighted by atomic mass is 16.4. The van der Waals surface area contributed by atoms with Crippen molar-refractivity contribution >= 4 is 12.0 Å². The van der Waals surface area contributed by atoms with E-state index in [0.29, 0.717) is 19.5 Å². The third-order valence-corrected chi connectivity index (χ3v) is 3.39. The first kappa shape index (κ1) is 12.0. The maximum atomic E-state index is 11.9. The van der Waals surface area contributed by atoms with Gasteiger partial charge in [0.2, 0.25) is 0 Å². The Bertz CT molecular complexity index is 333. The normalized spacial score (nSPS) is 24.9. The quantitative estimate of drug-likeness (QED) is 0.710. The van der Waals surface area contributed by atoms with Gasteiger partial charge in [0, 0.05) is 19.1 Å². The Hall–Kier alpha value is -1.52. The third kappa shape index (κ3) is 2.99. The van der Waals surface area contributed by atoms with Gasteiger partial charge in [0.05, 0.1) is 5.92 Å². The van der Waals surface area contributed by atoms with Crippen LogP contribution in [0.15, 0.2) is 12.2 Å². The number of likely N-dealkylation sites (tertiary alicyclic amines) is 1. The molecule has 0 aromatic carbocycles. The smallest absolute Gasteiger partial charge is 0.317 e. The largest absolute Gasteiger partial charge is 0.481 e. The molecule has 0 bridgehead atoms. The Labute approximate surface area is 100 Å². The molecule has 2 amide bonds. The van der Waals surface area contributed by atoms with Crippen LogP contribution in [0.5, 0.6) is 0 Å². The molecule has 2 aliphatic rings. The van der Waals surface area contributed by atoms with Crippen LogP contribution in [-0.4, -0.2) is 41.1 Å². The molecule has 0 aromatic rings. The minimum atomic E-state index is -0.801. The fraction of sp³-hybridized carbons (Fsp3) is 0.667. The van der Waals surface area contributed by atoms with Crippen LogP contribution >= 0.6 is 0 Å². The third-order valence-electron chi connectivity index (χ3n) is 3.39. The van der Waals surface area contributed by atoms with E-state index in [9.17, 15) is 9.59 Å².